The lowest BCUT2D eigenvalue weighted by molar-refractivity contribution is -0.132. The lowest BCUT2D eigenvalue weighted by atomic mass is 10.1. The third-order valence-electron chi connectivity index (χ3n) is 6.90. The Hall–Kier alpha value is -3.99. The molecule has 0 aliphatic heterocycles. The van der Waals surface area contributed by atoms with Crippen LogP contribution in [0.5, 0.6) is 0 Å². The van der Waals surface area contributed by atoms with Crippen molar-refractivity contribution in [3.05, 3.63) is 140 Å². The molecule has 0 spiro atoms. The van der Waals surface area contributed by atoms with Crippen LogP contribution in [0.1, 0.15) is 46.5 Å². The Balaban J connectivity index is 0.000000392. The molecule has 0 bridgehead atoms. The highest BCUT2D eigenvalue weighted by atomic mass is 31.2. The van der Waals surface area contributed by atoms with Crippen LogP contribution in [0.3, 0.4) is 0 Å². The predicted octanol–water partition coefficient (Wildman–Crippen LogP) is 8.62. The summed E-state index contributed by atoms with van der Waals surface area (Å²) in [6, 6.07) is 47.3. The molecule has 0 fully saturated rings. The van der Waals surface area contributed by atoms with E-state index in [4.69, 9.17) is 9.84 Å². The van der Waals surface area contributed by atoms with E-state index in [0.717, 1.165) is 22.3 Å². The fourth-order valence-corrected chi connectivity index (χ4v) is 8.35. The fraction of sp³-hybridized carbons (Fsp3) is 0.286. The zero-order valence-electron chi connectivity index (χ0n) is 29.6. The fourth-order valence-electron chi connectivity index (χ4n) is 4.66. The Labute approximate surface area is 289 Å². The Morgan fingerprint density at radius 3 is 1.21 bits per heavy atom. The minimum atomic E-state index is -2.23. The van der Waals surface area contributed by atoms with Gasteiger partial charge < -0.3 is 19.3 Å². The van der Waals surface area contributed by atoms with E-state index in [1.165, 1.54) is 37.1 Å². The number of benzene rings is 5. The number of unbranched alkanes of at least 4 members (excludes halogenated alkanes) is 3. The average Bonchev–Trinajstić information content (AvgIpc) is 3.17. The van der Waals surface area contributed by atoms with E-state index in [0.29, 0.717) is 13.4 Å². The summed E-state index contributed by atoms with van der Waals surface area (Å²) in [7, 11) is 4.60. The molecule has 0 aliphatic carbocycles. The maximum Gasteiger partial charge on any atom is 0.331 e. The highest BCUT2D eigenvalue weighted by molar-refractivity contribution is 7.95. The van der Waals surface area contributed by atoms with Gasteiger partial charge in [0.15, 0.2) is 0 Å². The van der Waals surface area contributed by atoms with Gasteiger partial charge in [-0.15, -0.1) is 0 Å². The average molecular weight is 671 g/mol. The minimum Gasteiger partial charge on any atom is -0.466 e. The number of hydrogen-bond acceptors (Lipinski definition) is 5. The molecule has 0 saturated carbocycles. The first-order chi connectivity index (χ1) is 23.6. The van der Waals surface area contributed by atoms with Gasteiger partial charge in [0.05, 0.1) is 7.11 Å². The second-order valence-corrected chi connectivity index (χ2v) is 13.5. The number of hydrogen-bond donors (Lipinski definition) is 1. The number of carbonyl (C=O) groups is 1. The van der Waals surface area contributed by atoms with Gasteiger partial charge in [0.1, 0.15) is 6.79 Å². The van der Waals surface area contributed by atoms with Crippen molar-refractivity contribution >= 4 is 45.3 Å². The Kier molecular flexibility index (Phi) is 23.7. The van der Waals surface area contributed by atoms with E-state index in [9.17, 15) is 4.79 Å². The third kappa shape index (κ3) is 14.8. The molecule has 0 atom stereocenters. The maximum absolute atomic E-state index is 12.3. The minimum absolute atomic E-state index is 0.306. The summed E-state index contributed by atoms with van der Waals surface area (Å²) in [6.07, 6.45) is 4.68. The summed E-state index contributed by atoms with van der Waals surface area (Å²) in [5.74, 6) is 1.47. The first kappa shape index (κ1) is 42.0. The van der Waals surface area contributed by atoms with E-state index in [-0.39, 0.29) is 5.97 Å². The summed E-state index contributed by atoms with van der Waals surface area (Å²) in [5, 5.41) is 14.3. The molecule has 0 aliphatic rings. The zero-order chi connectivity index (χ0) is 35.3. The number of aliphatic hydroxyl groups excluding tert-OH is 1. The third-order valence-corrected chi connectivity index (χ3v) is 10.8. The van der Waals surface area contributed by atoms with Crippen LogP contribution >= 0.6 is 6.89 Å². The number of methoxy groups -OCH3 is 3. The van der Waals surface area contributed by atoms with Gasteiger partial charge in [-0.2, -0.15) is 0 Å². The van der Waals surface area contributed by atoms with Crippen LogP contribution in [-0.2, 0) is 19.0 Å². The van der Waals surface area contributed by atoms with Crippen LogP contribution in [-0.4, -0.2) is 51.6 Å². The first-order valence-corrected chi connectivity index (χ1v) is 18.4. The maximum atomic E-state index is 12.3. The number of rotatable bonds is 10. The molecule has 258 valence electrons. The number of ether oxygens (including phenoxy) is 3. The van der Waals surface area contributed by atoms with Crippen molar-refractivity contribution < 1.29 is 24.1 Å². The molecule has 0 saturated heterocycles. The highest BCUT2D eigenvalue weighted by Gasteiger charge is 2.26. The molecule has 0 amide bonds. The molecule has 5 rings (SSSR count). The van der Waals surface area contributed by atoms with Crippen molar-refractivity contribution in [2.24, 2.45) is 0 Å². The second-order valence-electron chi connectivity index (χ2n) is 10.2. The molecule has 0 radical (unpaired) electrons. The molecule has 0 unspecified atom stereocenters. The molecular formula is C42H55O5P. The van der Waals surface area contributed by atoms with Gasteiger partial charge in [-0.05, 0) is 40.0 Å². The van der Waals surface area contributed by atoms with E-state index in [1.807, 2.05) is 68.4 Å². The van der Waals surface area contributed by atoms with Crippen molar-refractivity contribution in [3.63, 3.8) is 0 Å². The number of aliphatic hydroxyl groups is 1. The molecule has 1 N–H and O–H groups in total. The SMILES string of the molecule is CC.CCCCCCO.COC(=O)C=P(c1ccccc1)(c1ccccc1)c1ccccc1.COCOC.c1ccc2ccccc2c1. The van der Waals surface area contributed by atoms with Gasteiger partial charge in [0.25, 0.3) is 0 Å². The van der Waals surface area contributed by atoms with Gasteiger partial charge in [-0.25, -0.2) is 4.79 Å². The second kappa shape index (κ2) is 27.0. The first-order valence-electron chi connectivity index (χ1n) is 16.6. The number of fused-ring (bicyclic) bond motifs is 1. The quantitative estimate of drug-likeness (QED) is 0.0698. The molecule has 0 heterocycles. The van der Waals surface area contributed by atoms with Crippen molar-refractivity contribution in [1.82, 2.24) is 0 Å². The van der Waals surface area contributed by atoms with Gasteiger partial charge >= 0.3 is 5.97 Å². The summed E-state index contributed by atoms with van der Waals surface area (Å²) in [4.78, 5) is 12.3. The Morgan fingerprint density at radius 1 is 0.583 bits per heavy atom. The van der Waals surface area contributed by atoms with Crippen molar-refractivity contribution in [1.29, 1.82) is 0 Å². The molecule has 0 aromatic heterocycles. The lowest BCUT2D eigenvalue weighted by Crippen LogP contribution is -2.28. The van der Waals surface area contributed by atoms with Crippen molar-refractivity contribution in [3.8, 4) is 0 Å². The summed E-state index contributed by atoms with van der Waals surface area (Å²) in [5.41, 5.74) is 0. The molecule has 6 heteroatoms. The van der Waals surface area contributed by atoms with Gasteiger partial charge in [-0.1, -0.05) is 180 Å². The van der Waals surface area contributed by atoms with E-state index < -0.39 is 6.89 Å². The topological polar surface area (TPSA) is 65.0 Å². The summed E-state index contributed by atoms with van der Waals surface area (Å²) < 4.78 is 13.9. The van der Waals surface area contributed by atoms with Crippen molar-refractivity contribution in [2.45, 2.75) is 46.5 Å². The molecule has 5 nitrogen and oxygen atoms in total. The standard InChI is InChI=1S/C21H19O2P.C10H8.C6H14O.C3H8O2.C2H6/c1-23-21(22)17-24(18-11-5-2-6-12-18,19-13-7-3-8-14-19)20-15-9-4-10-16-20;1-2-6-10-8-4-3-7-9(10)5-1;1-2-3-4-5-6-7;1-4-3-5-2;1-2/h2-17H,1H3;1-8H;7H,2-6H2,1H3;3H2,1-2H3;1-2H3. The van der Waals surface area contributed by atoms with E-state index >= 15 is 0 Å². The van der Waals surface area contributed by atoms with E-state index in [2.05, 4.69) is 101 Å². The predicted molar refractivity (Wildman–Crippen MR) is 209 cm³/mol. The largest absolute Gasteiger partial charge is 0.466 e. The van der Waals surface area contributed by atoms with Crippen LogP contribution in [0, 0.1) is 0 Å². The Morgan fingerprint density at radius 2 is 0.938 bits per heavy atom. The zero-order valence-corrected chi connectivity index (χ0v) is 30.5. The van der Waals surface area contributed by atoms with Crippen LogP contribution in [0.15, 0.2) is 140 Å². The van der Waals surface area contributed by atoms with Gasteiger partial charge in [0.2, 0.25) is 0 Å². The van der Waals surface area contributed by atoms with E-state index in [1.54, 1.807) is 20.0 Å². The van der Waals surface area contributed by atoms with Crippen molar-refractivity contribution in [2.75, 3.05) is 34.7 Å². The normalized spacial score (nSPS) is 9.90. The molecule has 5 aromatic carbocycles. The smallest absolute Gasteiger partial charge is 0.331 e. The van der Waals surface area contributed by atoms with Gasteiger partial charge in [0, 0.05) is 26.6 Å². The number of esters is 1. The Bertz CT molecular complexity index is 1370. The van der Waals surface area contributed by atoms with Crippen LogP contribution in [0.2, 0.25) is 0 Å². The monoisotopic (exact) mass is 670 g/mol. The number of carbonyl (C=O) groups excluding carboxylic acids is 1. The molecule has 5 aromatic rings. The van der Waals surface area contributed by atoms with Crippen LogP contribution in [0.4, 0.5) is 0 Å². The lowest BCUT2D eigenvalue weighted by Gasteiger charge is -2.28. The summed E-state index contributed by atoms with van der Waals surface area (Å²) in [6.45, 7) is 4.69. The highest BCUT2D eigenvalue weighted by Crippen LogP contribution is 2.43. The molecular weight excluding hydrogens is 615 g/mol. The van der Waals surface area contributed by atoms with Crippen LogP contribution < -0.4 is 15.9 Å². The summed E-state index contributed by atoms with van der Waals surface area (Å²) >= 11 is 0. The van der Waals surface area contributed by atoms with Gasteiger partial charge in [-0.3, -0.25) is 0 Å². The van der Waals surface area contributed by atoms with Crippen LogP contribution in [0.25, 0.3) is 10.8 Å². The molecule has 48 heavy (non-hydrogen) atoms.